The average Bonchev–Trinajstić information content (AvgIpc) is 2.72. The van der Waals surface area contributed by atoms with Crippen molar-refractivity contribution in [1.82, 2.24) is 4.90 Å². The Morgan fingerprint density at radius 1 is 0.900 bits per heavy atom. The van der Waals surface area contributed by atoms with E-state index in [2.05, 4.69) is 9.64 Å². The van der Waals surface area contributed by atoms with Crippen LogP contribution in [0.1, 0.15) is 0 Å². The summed E-state index contributed by atoms with van der Waals surface area (Å²) in [6.07, 6.45) is -5.28. The van der Waals surface area contributed by atoms with E-state index < -0.39 is 25.0 Å². The van der Waals surface area contributed by atoms with E-state index in [4.69, 9.17) is 10.5 Å². The van der Waals surface area contributed by atoms with E-state index in [0.717, 1.165) is 16.8 Å². The van der Waals surface area contributed by atoms with Gasteiger partial charge in [-0.15, -0.1) is 13.2 Å². The molecular weight excluding hydrogens is 403 g/mol. The zero-order valence-electron chi connectivity index (χ0n) is 15.9. The van der Waals surface area contributed by atoms with Crippen LogP contribution < -0.4 is 15.4 Å². The molecule has 0 atom stereocenters. The number of halogens is 3. The van der Waals surface area contributed by atoms with Gasteiger partial charge in [0, 0.05) is 31.9 Å². The Hall–Kier alpha value is -3.43. The number of ether oxygens (including phenoxy) is 2. The first-order chi connectivity index (χ1) is 14.2. The Kier molecular flexibility index (Phi) is 6.34. The number of amides is 2. The summed E-state index contributed by atoms with van der Waals surface area (Å²) in [6, 6.07) is 13.2. The molecule has 1 heterocycles. The third-order valence-corrected chi connectivity index (χ3v) is 4.53. The predicted molar refractivity (Wildman–Crippen MR) is 103 cm³/mol. The summed E-state index contributed by atoms with van der Waals surface area (Å²) in [7, 11) is 0. The number of hydrogen-bond acceptors (Lipinski definition) is 5. The van der Waals surface area contributed by atoms with Crippen molar-refractivity contribution in [2.75, 3.05) is 37.7 Å². The van der Waals surface area contributed by atoms with Crippen LogP contribution in [-0.2, 0) is 9.53 Å². The number of primary amides is 1. The summed E-state index contributed by atoms with van der Waals surface area (Å²) in [6.45, 7) is 1.63. The largest absolute Gasteiger partial charge is 0.573 e. The molecule has 1 saturated heterocycles. The van der Waals surface area contributed by atoms with Gasteiger partial charge in [-0.05, 0) is 35.4 Å². The standard InChI is InChI=1S/C20H20F3N3O4/c21-20(22,23)30-17-7-3-15(4-8-17)14-1-5-16(6-2-14)25-9-11-26(12-10-25)19(28)29-13-18(24)27/h1-8H,9-13H2,(H2,24,27). The topological polar surface area (TPSA) is 85.1 Å². The van der Waals surface area contributed by atoms with Crippen LogP contribution in [0.2, 0.25) is 0 Å². The van der Waals surface area contributed by atoms with Crippen molar-refractivity contribution < 1.29 is 32.2 Å². The van der Waals surface area contributed by atoms with Gasteiger partial charge in [0.05, 0.1) is 0 Å². The highest BCUT2D eigenvalue weighted by Crippen LogP contribution is 2.28. The molecule has 2 aromatic carbocycles. The van der Waals surface area contributed by atoms with E-state index in [1.54, 1.807) is 12.1 Å². The number of hydrogen-bond donors (Lipinski definition) is 1. The van der Waals surface area contributed by atoms with Gasteiger partial charge in [0.1, 0.15) is 5.75 Å². The van der Waals surface area contributed by atoms with E-state index in [-0.39, 0.29) is 5.75 Å². The highest BCUT2D eigenvalue weighted by atomic mass is 19.4. The minimum atomic E-state index is -4.72. The summed E-state index contributed by atoms with van der Waals surface area (Å²) in [5.41, 5.74) is 7.53. The number of alkyl halides is 3. The number of benzene rings is 2. The summed E-state index contributed by atoms with van der Waals surface area (Å²) < 4.78 is 45.4. The fourth-order valence-electron chi connectivity index (χ4n) is 3.09. The molecule has 0 aliphatic carbocycles. The smallest absolute Gasteiger partial charge is 0.439 e. The lowest BCUT2D eigenvalue weighted by molar-refractivity contribution is -0.274. The average molecular weight is 423 g/mol. The molecule has 7 nitrogen and oxygen atoms in total. The van der Waals surface area contributed by atoms with Crippen molar-refractivity contribution in [3.05, 3.63) is 48.5 Å². The summed E-state index contributed by atoms with van der Waals surface area (Å²) in [5.74, 6) is -0.973. The van der Waals surface area contributed by atoms with E-state index >= 15 is 0 Å². The molecular formula is C20H20F3N3O4. The number of rotatable bonds is 5. The molecule has 2 amide bonds. The fraction of sp³-hybridized carbons (Fsp3) is 0.300. The van der Waals surface area contributed by atoms with Crippen LogP contribution in [0, 0.1) is 0 Å². The molecule has 2 aromatic rings. The number of nitrogens with zero attached hydrogens (tertiary/aromatic N) is 2. The first-order valence-corrected chi connectivity index (χ1v) is 9.12. The predicted octanol–water partition coefficient (Wildman–Crippen LogP) is 3.00. The van der Waals surface area contributed by atoms with Crippen LogP contribution in [0.3, 0.4) is 0 Å². The molecule has 1 aliphatic heterocycles. The number of nitrogens with two attached hydrogens (primary N) is 1. The van der Waals surface area contributed by atoms with Crippen LogP contribution in [0.5, 0.6) is 5.75 Å². The van der Waals surface area contributed by atoms with E-state index in [9.17, 15) is 22.8 Å². The highest BCUT2D eigenvalue weighted by Gasteiger charge is 2.31. The third kappa shape index (κ3) is 5.79. The van der Waals surface area contributed by atoms with E-state index in [1.807, 2.05) is 24.3 Å². The van der Waals surface area contributed by atoms with Gasteiger partial charge in [-0.1, -0.05) is 24.3 Å². The number of carbonyl (C=O) groups excluding carboxylic acids is 2. The van der Waals surface area contributed by atoms with E-state index in [1.165, 1.54) is 17.0 Å². The third-order valence-electron chi connectivity index (χ3n) is 4.53. The van der Waals surface area contributed by atoms with Crippen molar-refractivity contribution in [3.8, 4) is 16.9 Å². The van der Waals surface area contributed by atoms with Crippen LogP contribution in [0.4, 0.5) is 23.7 Å². The molecule has 0 unspecified atom stereocenters. The van der Waals surface area contributed by atoms with Crippen molar-refractivity contribution >= 4 is 17.7 Å². The Bertz CT molecular complexity index is 878. The maximum atomic E-state index is 12.3. The Morgan fingerprint density at radius 3 is 1.93 bits per heavy atom. The van der Waals surface area contributed by atoms with E-state index in [0.29, 0.717) is 26.2 Å². The zero-order chi connectivity index (χ0) is 21.7. The van der Waals surface area contributed by atoms with Gasteiger partial charge >= 0.3 is 12.5 Å². The van der Waals surface area contributed by atoms with Crippen molar-refractivity contribution in [3.63, 3.8) is 0 Å². The first kappa shape index (κ1) is 21.3. The van der Waals surface area contributed by atoms with Crippen molar-refractivity contribution in [2.45, 2.75) is 6.36 Å². The second kappa shape index (κ2) is 8.93. The molecule has 1 fully saturated rings. The molecule has 160 valence electrons. The lowest BCUT2D eigenvalue weighted by Crippen LogP contribution is -2.49. The monoisotopic (exact) mass is 423 g/mol. The summed E-state index contributed by atoms with van der Waals surface area (Å²) in [5, 5.41) is 0. The van der Waals surface area contributed by atoms with Crippen LogP contribution in [0.15, 0.2) is 48.5 Å². The summed E-state index contributed by atoms with van der Waals surface area (Å²) in [4.78, 5) is 26.2. The second-order valence-corrected chi connectivity index (χ2v) is 6.61. The first-order valence-electron chi connectivity index (χ1n) is 9.12. The minimum Gasteiger partial charge on any atom is -0.439 e. The Balaban J connectivity index is 1.56. The molecule has 0 spiro atoms. The normalized spacial score (nSPS) is 14.4. The Labute approximate surface area is 170 Å². The molecule has 2 N–H and O–H groups in total. The van der Waals surface area contributed by atoms with Gasteiger partial charge in [-0.25, -0.2) is 4.79 Å². The summed E-state index contributed by atoms with van der Waals surface area (Å²) >= 11 is 0. The van der Waals surface area contributed by atoms with Crippen LogP contribution in [-0.4, -0.2) is 56.0 Å². The number of piperazine rings is 1. The fourth-order valence-corrected chi connectivity index (χ4v) is 3.09. The van der Waals surface area contributed by atoms with Gasteiger partial charge in [-0.2, -0.15) is 0 Å². The number of anilines is 1. The number of carbonyl (C=O) groups is 2. The molecule has 0 saturated carbocycles. The molecule has 30 heavy (non-hydrogen) atoms. The lowest BCUT2D eigenvalue weighted by Gasteiger charge is -2.35. The van der Waals surface area contributed by atoms with Gasteiger partial charge in [0.15, 0.2) is 6.61 Å². The maximum Gasteiger partial charge on any atom is 0.573 e. The Morgan fingerprint density at radius 2 is 1.43 bits per heavy atom. The van der Waals surface area contributed by atoms with Gasteiger partial charge in [0.2, 0.25) is 0 Å². The molecule has 3 rings (SSSR count). The lowest BCUT2D eigenvalue weighted by atomic mass is 10.0. The minimum absolute atomic E-state index is 0.268. The molecule has 0 aromatic heterocycles. The molecule has 1 aliphatic rings. The van der Waals surface area contributed by atoms with Crippen molar-refractivity contribution in [1.29, 1.82) is 0 Å². The molecule has 0 bridgehead atoms. The van der Waals surface area contributed by atoms with Gasteiger partial charge in [-0.3, -0.25) is 4.79 Å². The molecule has 10 heteroatoms. The van der Waals surface area contributed by atoms with Crippen LogP contribution >= 0.6 is 0 Å². The quantitative estimate of drug-likeness (QED) is 0.799. The van der Waals surface area contributed by atoms with Crippen molar-refractivity contribution in [2.24, 2.45) is 5.73 Å². The maximum absolute atomic E-state index is 12.3. The second-order valence-electron chi connectivity index (χ2n) is 6.61. The zero-order valence-corrected chi connectivity index (χ0v) is 15.9. The highest BCUT2D eigenvalue weighted by molar-refractivity contribution is 5.78. The SMILES string of the molecule is NC(=O)COC(=O)N1CCN(c2ccc(-c3ccc(OC(F)(F)F)cc3)cc2)CC1. The van der Waals surface area contributed by atoms with Gasteiger partial charge in [0.25, 0.3) is 5.91 Å². The van der Waals surface area contributed by atoms with Crippen LogP contribution in [0.25, 0.3) is 11.1 Å². The van der Waals surface area contributed by atoms with Gasteiger partial charge < -0.3 is 25.0 Å². The molecule has 0 radical (unpaired) electrons.